The fourth-order valence-corrected chi connectivity index (χ4v) is 5.98. The van der Waals surface area contributed by atoms with Crippen molar-refractivity contribution < 1.29 is 28.8 Å². The first-order valence-corrected chi connectivity index (χ1v) is 16.6. The Hall–Kier alpha value is -4.54. The number of carbonyl (C=O) groups excluding carboxylic acids is 1. The Morgan fingerprint density at radius 3 is 2.47 bits per heavy atom. The third-order valence-electron chi connectivity index (χ3n) is 8.02. The zero-order valence-corrected chi connectivity index (χ0v) is 28.8. The normalized spacial score (nSPS) is 17.0. The topological polar surface area (TPSA) is 111 Å². The van der Waals surface area contributed by atoms with Crippen molar-refractivity contribution in [3.63, 3.8) is 0 Å². The highest BCUT2D eigenvalue weighted by Gasteiger charge is 2.53. The number of aliphatic imine (C=N–C) groups is 1. The Morgan fingerprint density at radius 2 is 1.76 bits per heavy atom. The van der Waals surface area contributed by atoms with Crippen molar-refractivity contribution in [1.29, 1.82) is 0 Å². The number of hydrogen-bond acceptors (Lipinski definition) is 8. The largest absolute Gasteiger partial charge is 0.497 e. The zero-order valence-electron chi connectivity index (χ0n) is 27.3. The van der Waals surface area contributed by atoms with Crippen LogP contribution in [-0.4, -0.2) is 56.4 Å². The number of aliphatic hydroxyl groups is 1. The van der Waals surface area contributed by atoms with E-state index in [9.17, 15) is 4.79 Å². The monoisotopic (exact) mass is 703 g/mol. The van der Waals surface area contributed by atoms with Crippen molar-refractivity contribution in [3.05, 3.63) is 129 Å². The first-order valence-electron chi connectivity index (χ1n) is 15.9. The van der Waals surface area contributed by atoms with E-state index in [1.165, 1.54) is 0 Å². The van der Waals surface area contributed by atoms with Crippen molar-refractivity contribution in [3.8, 4) is 17.2 Å². The van der Waals surface area contributed by atoms with Crippen LogP contribution < -0.4 is 25.1 Å². The molecule has 4 aromatic rings. The highest BCUT2D eigenvalue weighted by atomic mass is 35.5. The third-order valence-corrected chi connectivity index (χ3v) is 8.59. The summed E-state index contributed by atoms with van der Waals surface area (Å²) in [7, 11) is 3.22. The van der Waals surface area contributed by atoms with Crippen LogP contribution in [0.3, 0.4) is 0 Å². The lowest BCUT2D eigenvalue weighted by Crippen LogP contribution is -2.52. The van der Waals surface area contributed by atoms with Gasteiger partial charge in [-0.15, -0.1) is 0 Å². The minimum atomic E-state index is -1.46. The lowest BCUT2D eigenvalue weighted by atomic mass is 9.84. The summed E-state index contributed by atoms with van der Waals surface area (Å²) < 4.78 is 23.2. The molecule has 1 amide bonds. The van der Waals surface area contributed by atoms with Gasteiger partial charge in [0.15, 0.2) is 11.6 Å². The Kier molecular flexibility index (Phi) is 12.6. The maximum Gasteiger partial charge on any atom is 0.266 e. The van der Waals surface area contributed by atoms with Gasteiger partial charge in [-0.2, -0.15) is 0 Å². The predicted octanol–water partition coefficient (Wildman–Crippen LogP) is 7.00. The molecule has 4 aromatic carbocycles. The number of amides is 1. The van der Waals surface area contributed by atoms with Crippen LogP contribution in [-0.2, 0) is 16.0 Å². The Bertz CT molecular complexity index is 1770. The van der Waals surface area contributed by atoms with Gasteiger partial charge in [0.05, 0.1) is 20.8 Å². The van der Waals surface area contributed by atoms with Gasteiger partial charge >= 0.3 is 0 Å². The minimum absolute atomic E-state index is 0.0459. The van der Waals surface area contributed by atoms with E-state index in [2.05, 4.69) is 10.9 Å². The van der Waals surface area contributed by atoms with Gasteiger partial charge in [-0.3, -0.25) is 10.2 Å². The van der Waals surface area contributed by atoms with Crippen LogP contribution in [0.25, 0.3) is 6.08 Å². The van der Waals surface area contributed by atoms with Gasteiger partial charge in [0, 0.05) is 47.2 Å². The number of ether oxygens (including phenoxy) is 4. The van der Waals surface area contributed by atoms with Crippen LogP contribution in [0.2, 0.25) is 10.0 Å². The number of carbonyl (C=O) groups is 1. The molecule has 0 spiro atoms. The Morgan fingerprint density at radius 1 is 0.980 bits per heavy atom. The molecule has 1 aliphatic heterocycles. The number of aliphatic hydroxyl groups excluding tert-OH is 1. The van der Waals surface area contributed by atoms with Crippen molar-refractivity contribution >= 4 is 41.1 Å². The summed E-state index contributed by atoms with van der Waals surface area (Å²) >= 11 is 13.0. The van der Waals surface area contributed by atoms with Gasteiger partial charge in [-0.25, -0.2) is 10.4 Å². The molecule has 2 atom stereocenters. The molecule has 0 bridgehead atoms. The number of nitrogens with one attached hydrogen (secondary N) is 2. The lowest BCUT2D eigenvalue weighted by molar-refractivity contribution is -0.129. The van der Waals surface area contributed by atoms with E-state index in [1.54, 1.807) is 44.6 Å². The Balaban J connectivity index is 1.47. The zero-order chi connectivity index (χ0) is 34.6. The van der Waals surface area contributed by atoms with E-state index in [1.807, 2.05) is 72.8 Å². The van der Waals surface area contributed by atoms with Crippen LogP contribution in [0.1, 0.15) is 41.2 Å². The van der Waals surface area contributed by atoms with Crippen molar-refractivity contribution in [2.75, 3.05) is 34.0 Å². The van der Waals surface area contributed by atoms with E-state index in [0.717, 1.165) is 16.9 Å². The molecule has 3 N–H and O–H groups in total. The average molecular weight is 705 g/mol. The molecular weight excluding hydrogens is 665 g/mol. The maximum atomic E-state index is 14.4. The number of rotatable bonds is 16. The number of hydrogen-bond donors (Lipinski definition) is 3. The maximum absolute atomic E-state index is 14.4. The molecule has 0 unspecified atom stereocenters. The molecule has 256 valence electrons. The second kappa shape index (κ2) is 17.2. The number of halogens is 2. The van der Waals surface area contributed by atoms with Gasteiger partial charge in [0.2, 0.25) is 5.90 Å². The molecule has 0 aromatic heterocycles. The molecule has 0 aliphatic carbocycles. The second-order valence-electron chi connectivity index (χ2n) is 11.3. The molecule has 9 nitrogen and oxygen atoms in total. The van der Waals surface area contributed by atoms with E-state index in [0.29, 0.717) is 58.7 Å². The van der Waals surface area contributed by atoms with Gasteiger partial charge < -0.3 is 24.1 Å². The molecule has 1 aliphatic rings. The minimum Gasteiger partial charge on any atom is -0.497 e. The summed E-state index contributed by atoms with van der Waals surface area (Å²) in [6.07, 6.45) is 4.23. The van der Waals surface area contributed by atoms with E-state index in [4.69, 9.17) is 52.2 Å². The number of hydrazine groups is 1. The SMILES string of the molecule is COc1ccc(OC)c(CCNNC(=O)[C@@]2(C/C=C/c3ccccc3)N=C(c3ccc(OCCCO)cc3)O[C@H]2c2ccc(Cl)cc2Cl)c1. The highest BCUT2D eigenvalue weighted by molar-refractivity contribution is 6.35. The molecule has 49 heavy (non-hydrogen) atoms. The Labute approximate surface area is 296 Å². The number of nitrogens with zero attached hydrogens (tertiary/aromatic N) is 1. The molecule has 5 rings (SSSR count). The van der Waals surface area contributed by atoms with E-state index < -0.39 is 17.6 Å². The molecule has 0 fully saturated rings. The number of benzene rings is 4. The molecule has 11 heteroatoms. The summed E-state index contributed by atoms with van der Waals surface area (Å²) in [4.78, 5) is 19.5. The van der Waals surface area contributed by atoms with Crippen molar-refractivity contribution in [2.24, 2.45) is 4.99 Å². The van der Waals surface area contributed by atoms with Crippen molar-refractivity contribution in [1.82, 2.24) is 10.9 Å². The van der Waals surface area contributed by atoms with Crippen LogP contribution in [0.15, 0.2) is 102 Å². The number of methoxy groups -OCH3 is 2. The van der Waals surface area contributed by atoms with Gasteiger partial charge in [0.25, 0.3) is 5.91 Å². The summed E-state index contributed by atoms with van der Waals surface area (Å²) in [6, 6.07) is 27.7. The molecular formula is C38H39Cl2N3O6. The fourth-order valence-electron chi connectivity index (χ4n) is 5.47. The van der Waals surface area contributed by atoms with Crippen LogP contribution in [0.5, 0.6) is 17.2 Å². The average Bonchev–Trinajstić information content (AvgIpc) is 3.51. The fraction of sp³-hybridized carbons (Fsp3) is 0.263. The predicted molar refractivity (Wildman–Crippen MR) is 193 cm³/mol. The van der Waals surface area contributed by atoms with Crippen LogP contribution in [0.4, 0.5) is 0 Å². The van der Waals surface area contributed by atoms with Gasteiger partial charge in [-0.1, -0.05) is 71.8 Å². The first-order chi connectivity index (χ1) is 23.9. The summed E-state index contributed by atoms with van der Waals surface area (Å²) in [6.45, 7) is 0.829. The lowest BCUT2D eigenvalue weighted by Gasteiger charge is -2.30. The molecule has 1 heterocycles. The summed E-state index contributed by atoms with van der Waals surface area (Å²) in [5.41, 5.74) is 7.64. The smallest absolute Gasteiger partial charge is 0.266 e. The highest BCUT2D eigenvalue weighted by Crippen LogP contribution is 2.45. The van der Waals surface area contributed by atoms with Gasteiger partial charge in [0.1, 0.15) is 17.2 Å². The quantitative estimate of drug-likeness (QED) is 0.0852. The standard InChI is InChI=1S/C38H39Cl2N3O6/c1-46-31-16-18-34(47-2)28(24-31)19-21-41-43-37(45)38(20-6-10-26-8-4-3-5-9-26)35(32-17-13-29(39)25-33(32)40)49-36(42-38)27-11-14-30(15-12-27)48-23-7-22-44/h3-6,8-18,24-25,35,41,44H,7,19-23H2,1-2H3,(H,43,45)/b10-6+/t35-,38-/m0/s1. The van der Waals surface area contributed by atoms with Crippen LogP contribution >= 0.6 is 23.2 Å². The van der Waals surface area contributed by atoms with Gasteiger partial charge in [-0.05, 0) is 72.1 Å². The first kappa shape index (κ1) is 35.8. The molecule has 0 saturated carbocycles. The van der Waals surface area contributed by atoms with Crippen LogP contribution in [0, 0.1) is 0 Å². The van der Waals surface area contributed by atoms with Crippen molar-refractivity contribution in [2.45, 2.75) is 30.9 Å². The molecule has 0 saturated heterocycles. The summed E-state index contributed by atoms with van der Waals surface area (Å²) in [5, 5.41) is 9.89. The van der Waals surface area contributed by atoms with E-state index in [-0.39, 0.29) is 18.9 Å². The summed E-state index contributed by atoms with van der Waals surface area (Å²) in [5.74, 6) is 1.94. The molecule has 0 radical (unpaired) electrons. The second-order valence-corrected chi connectivity index (χ2v) is 12.1. The van der Waals surface area contributed by atoms with E-state index >= 15 is 0 Å². The third kappa shape index (κ3) is 8.93.